The minimum absolute atomic E-state index is 0.127. The zero-order chi connectivity index (χ0) is 21.8. The summed E-state index contributed by atoms with van der Waals surface area (Å²) < 4.78 is 7.87. The molecule has 4 fully saturated rings. The fourth-order valence-electron chi connectivity index (χ4n) is 6.50. The van der Waals surface area contributed by atoms with Crippen molar-refractivity contribution in [1.29, 1.82) is 0 Å². The first-order valence-electron chi connectivity index (χ1n) is 10.6. The van der Waals surface area contributed by atoms with E-state index in [4.69, 9.17) is 4.74 Å². The molecule has 1 aromatic carbocycles. The molecule has 4 bridgehead atoms. The number of ether oxygens (including phenoxy) is 1. The topological polar surface area (TPSA) is 112 Å². The lowest BCUT2D eigenvalue weighted by atomic mass is 9.46. The molecule has 164 valence electrons. The van der Waals surface area contributed by atoms with Gasteiger partial charge in [0.25, 0.3) is 5.69 Å². The van der Waals surface area contributed by atoms with Crippen LogP contribution >= 0.6 is 15.9 Å². The standard InChI is InChI=1S/C21H24BrN5O4/c1-2-31-15-3-4-16(17(6-15)27(29)30)24-18(28)20-7-13-5-14(8-20)10-21(9-13,11-20)26-12-23-19(22)25-26/h3-4,6,12-14H,2,5,7-11H2,1H3,(H,24,28). The molecular weight excluding hydrogens is 466 g/mol. The highest BCUT2D eigenvalue weighted by atomic mass is 79.9. The third kappa shape index (κ3) is 3.40. The molecule has 0 radical (unpaired) electrons. The Labute approximate surface area is 187 Å². The summed E-state index contributed by atoms with van der Waals surface area (Å²) in [6, 6.07) is 4.58. The normalized spacial score (nSPS) is 30.9. The van der Waals surface area contributed by atoms with Crippen molar-refractivity contribution in [1.82, 2.24) is 14.8 Å². The first-order valence-corrected chi connectivity index (χ1v) is 11.4. The van der Waals surface area contributed by atoms with E-state index in [2.05, 4.69) is 31.3 Å². The molecule has 10 heteroatoms. The molecule has 4 aliphatic rings. The van der Waals surface area contributed by atoms with E-state index in [1.54, 1.807) is 18.5 Å². The van der Waals surface area contributed by atoms with Crippen LogP contribution in [0.2, 0.25) is 0 Å². The molecule has 1 aromatic heterocycles. The summed E-state index contributed by atoms with van der Waals surface area (Å²) >= 11 is 3.34. The Bertz CT molecular complexity index is 1040. The summed E-state index contributed by atoms with van der Waals surface area (Å²) in [4.78, 5) is 29.0. The van der Waals surface area contributed by atoms with Gasteiger partial charge in [0.15, 0.2) is 0 Å². The Kier molecular flexibility index (Phi) is 4.80. The van der Waals surface area contributed by atoms with Crippen molar-refractivity contribution < 1.29 is 14.5 Å². The number of nitro benzene ring substituents is 1. The van der Waals surface area contributed by atoms with E-state index in [9.17, 15) is 14.9 Å². The Hall–Kier alpha value is -2.49. The van der Waals surface area contributed by atoms with Gasteiger partial charge in [-0.25, -0.2) is 9.67 Å². The average molecular weight is 490 g/mol. The number of anilines is 1. The third-order valence-electron chi connectivity index (χ3n) is 7.19. The Morgan fingerprint density at radius 2 is 2.10 bits per heavy atom. The summed E-state index contributed by atoms with van der Waals surface area (Å²) in [6.45, 7) is 2.23. The van der Waals surface area contributed by atoms with Crippen LogP contribution in [0.5, 0.6) is 5.75 Å². The number of aromatic nitrogens is 3. The number of benzene rings is 1. The first-order chi connectivity index (χ1) is 14.8. The zero-order valence-corrected chi connectivity index (χ0v) is 18.8. The van der Waals surface area contributed by atoms with Crippen molar-refractivity contribution in [3.63, 3.8) is 0 Å². The van der Waals surface area contributed by atoms with Gasteiger partial charge in [0.1, 0.15) is 17.8 Å². The van der Waals surface area contributed by atoms with Crippen LogP contribution < -0.4 is 10.1 Å². The second kappa shape index (κ2) is 7.29. The smallest absolute Gasteiger partial charge is 0.296 e. The maximum absolute atomic E-state index is 13.6. The van der Waals surface area contributed by atoms with E-state index < -0.39 is 10.3 Å². The summed E-state index contributed by atoms with van der Waals surface area (Å²) in [5, 5.41) is 19.1. The van der Waals surface area contributed by atoms with Crippen LogP contribution in [-0.2, 0) is 10.3 Å². The predicted molar refractivity (Wildman–Crippen MR) is 116 cm³/mol. The lowest BCUT2D eigenvalue weighted by molar-refractivity contribution is -0.384. The van der Waals surface area contributed by atoms with E-state index in [1.165, 1.54) is 6.07 Å². The molecule has 4 saturated carbocycles. The van der Waals surface area contributed by atoms with Crippen molar-refractivity contribution in [3.8, 4) is 5.75 Å². The molecule has 1 N–H and O–H groups in total. The molecule has 9 nitrogen and oxygen atoms in total. The van der Waals surface area contributed by atoms with Crippen LogP contribution in [0, 0.1) is 27.4 Å². The van der Waals surface area contributed by atoms with Gasteiger partial charge >= 0.3 is 0 Å². The van der Waals surface area contributed by atoms with Crippen LogP contribution in [0.1, 0.15) is 45.4 Å². The highest BCUT2D eigenvalue weighted by molar-refractivity contribution is 9.10. The van der Waals surface area contributed by atoms with Crippen molar-refractivity contribution in [3.05, 3.63) is 39.4 Å². The Balaban J connectivity index is 1.45. The second-order valence-corrected chi connectivity index (χ2v) is 9.96. The van der Waals surface area contributed by atoms with Gasteiger partial charge in [-0.3, -0.25) is 14.9 Å². The number of hydrogen-bond acceptors (Lipinski definition) is 6. The highest BCUT2D eigenvalue weighted by Crippen LogP contribution is 2.64. The van der Waals surface area contributed by atoms with Gasteiger partial charge in [0.2, 0.25) is 10.6 Å². The lowest BCUT2D eigenvalue weighted by Gasteiger charge is -2.60. The number of amides is 1. The molecule has 0 saturated heterocycles. The van der Waals surface area contributed by atoms with E-state index in [0.29, 0.717) is 35.3 Å². The van der Waals surface area contributed by atoms with Crippen LogP contribution in [0.3, 0.4) is 0 Å². The number of carbonyl (C=O) groups is 1. The maximum Gasteiger partial charge on any atom is 0.296 e. The van der Waals surface area contributed by atoms with Gasteiger partial charge in [0.05, 0.1) is 28.6 Å². The molecule has 6 rings (SSSR count). The molecule has 2 aromatic rings. The number of halogens is 1. The SMILES string of the molecule is CCOc1ccc(NC(=O)C23CC4CC(C2)CC(n2cnc(Br)n2)(C4)C3)c([N+](=O)[O-])c1. The maximum atomic E-state index is 13.6. The summed E-state index contributed by atoms with van der Waals surface area (Å²) in [6.07, 6.45) is 7.19. The number of nitrogens with zero attached hydrogens (tertiary/aromatic N) is 4. The molecule has 0 aliphatic heterocycles. The molecule has 0 spiro atoms. The Morgan fingerprint density at radius 1 is 1.35 bits per heavy atom. The molecule has 4 aliphatic carbocycles. The predicted octanol–water partition coefficient (Wildman–Crippen LogP) is 4.28. The van der Waals surface area contributed by atoms with Crippen molar-refractivity contribution >= 4 is 33.2 Å². The van der Waals surface area contributed by atoms with Gasteiger partial charge in [0, 0.05) is 0 Å². The van der Waals surface area contributed by atoms with Crippen LogP contribution in [0.4, 0.5) is 11.4 Å². The second-order valence-electron chi connectivity index (χ2n) is 9.25. The van der Waals surface area contributed by atoms with E-state index >= 15 is 0 Å². The van der Waals surface area contributed by atoms with Gasteiger partial charge in [-0.2, -0.15) is 0 Å². The van der Waals surface area contributed by atoms with Crippen LogP contribution in [-0.4, -0.2) is 32.2 Å². The van der Waals surface area contributed by atoms with Crippen LogP contribution in [0.25, 0.3) is 0 Å². The zero-order valence-electron chi connectivity index (χ0n) is 17.2. The summed E-state index contributed by atoms with van der Waals surface area (Å²) in [5.41, 5.74) is -0.703. The van der Waals surface area contributed by atoms with E-state index in [1.807, 2.05) is 11.6 Å². The fourth-order valence-corrected chi connectivity index (χ4v) is 6.76. The monoisotopic (exact) mass is 489 g/mol. The van der Waals surface area contributed by atoms with E-state index in [-0.39, 0.29) is 22.8 Å². The summed E-state index contributed by atoms with van der Waals surface area (Å²) in [5.74, 6) is 1.19. The fraction of sp³-hybridized carbons (Fsp3) is 0.571. The average Bonchev–Trinajstić information content (AvgIpc) is 3.15. The van der Waals surface area contributed by atoms with Crippen molar-refractivity contribution in [2.45, 2.75) is 51.0 Å². The minimum atomic E-state index is -0.547. The molecule has 2 unspecified atom stereocenters. The largest absolute Gasteiger partial charge is 0.494 e. The number of hydrogen-bond donors (Lipinski definition) is 1. The number of nitro groups is 1. The lowest BCUT2D eigenvalue weighted by Crippen LogP contribution is -2.60. The third-order valence-corrected chi connectivity index (χ3v) is 7.55. The van der Waals surface area contributed by atoms with Gasteiger partial charge < -0.3 is 10.1 Å². The number of nitrogens with one attached hydrogen (secondary N) is 1. The van der Waals surface area contributed by atoms with E-state index in [0.717, 1.165) is 32.1 Å². The Morgan fingerprint density at radius 3 is 2.71 bits per heavy atom. The minimum Gasteiger partial charge on any atom is -0.494 e. The molecule has 31 heavy (non-hydrogen) atoms. The molecule has 1 heterocycles. The molecule has 2 atom stereocenters. The van der Waals surface area contributed by atoms with Crippen LogP contribution in [0.15, 0.2) is 29.3 Å². The van der Waals surface area contributed by atoms with Crippen molar-refractivity contribution in [2.75, 3.05) is 11.9 Å². The first kappa shape index (κ1) is 20.4. The number of rotatable bonds is 6. The van der Waals surface area contributed by atoms with Gasteiger partial charge in [-0.15, -0.1) is 5.10 Å². The molecular formula is C21H24BrN5O4. The highest BCUT2D eigenvalue weighted by Gasteiger charge is 2.61. The number of carbonyl (C=O) groups excluding carboxylic acids is 1. The van der Waals surface area contributed by atoms with Crippen molar-refractivity contribution in [2.24, 2.45) is 17.3 Å². The summed E-state index contributed by atoms with van der Waals surface area (Å²) in [7, 11) is 0. The van der Waals surface area contributed by atoms with Gasteiger partial charge in [-0.05, 0) is 85.3 Å². The molecule has 1 amide bonds. The van der Waals surface area contributed by atoms with Gasteiger partial charge in [-0.1, -0.05) is 0 Å². The quantitative estimate of drug-likeness (QED) is 0.478.